The molecule has 1 atom stereocenters. The van der Waals surface area contributed by atoms with Crippen LogP contribution in [0.5, 0.6) is 0 Å². The summed E-state index contributed by atoms with van der Waals surface area (Å²) in [5.41, 5.74) is 6.07. The molecule has 2 N–H and O–H groups in total. The van der Waals surface area contributed by atoms with Crippen molar-refractivity contribution in [1.29, 1.82) is 0 Å². The number of hydrogen-bond acceptors (Lipinski definition) is 3. The number of nitrogens with zero attached hydrogens (tertiary/aromatic N) is 2. The Kier molecular flexibility index (Phi) is 4.61. The Balaban J connectivity index is 1.37. The average molecular weight is 279 g/mol. The zero-order chi connectivity index (χ0) is 13.9. The lowest BCUT2D eigenvalue weighted by Gasteiger charge is -2.34. The fourth-order valence-corrected chi connectivity index (χ4v) is 3.72. The Bertz CT molecular complexity index is 329. The highest BCUT2D eigenvalue weighted by Gasteiger charge is 2.32. The van der Waals surface area contributed by atoms with Crippen LogP contribution in [-0.4, -0.2) is 54.5 Å². The predicted molar refractivity (Wildman–Crippen MR) is 80.3 cm³/mol. The van der Waals surface area contributed by atoms with Crippen LogP contribution in [0.2, 0.25) is 0 Å². The molecule has 0 bridgehead atoms. The van der Waals surface area contributed by atoms with E-state index in [9.17, 15) is 4.79 Å². The van der Waals surface area contributed by atoms with Crippen molar-refractivity contribution < 1.29 is 4.79 Å². The van der Waals surface area contributed by atoms with Gasteiger partial charge in [-0.25, -0.2) is 0 Å². The van der Waals surface area contributed by atoms with Crippen molar-refractivity contribution in [3.8, 4) is 0 Å². The van der Waals surface area contributed by atoms with Gasteiger partial charge in [-0.3, -0.25) is 4.79 Å². The van der Waals surface area contributed by atoms with Gasteiger partial charge in [-0.1, -0.05) is 0 Å². The second-order valence-corrected chi connectivity index (χ2v) is 7.04. The van der Waals surface area contributed by atoms with Gasteiger partial charge >= 0.3 is 0 Å². The molecule has 4 nitrogen and oxygen atoms in total. The van der Waals surface area contributed by atoms with Gasteiger partial charge in [0.15, 0.2) is 0 Å². The molecule has 0 spiro atoms. The highest BCUT2D eigenvalue weighted by atomic mass is 16.2. The first kappa shape index (κ1) is 14.3. The van der Waals surface area contributed by atoms with Gasteiger partial charge < -0.3 is 15.5 Å². The summed E-state index contributed by atoms with van der Waals surface area (Å²) in [7, 11) is 0. The van der Waals surface area contributed by atoms with Crippen LogP contribution >= 0.6 is 0 Å². The molecule has 20 heavy (non-hydrogen) atoms. The maximum absolute atomic E-state index is 12.2. The number of hydrogen-bond donors (Lipinski definition) is 1. The maximum Gasteiger partial charge on any atom is 0.224 e. The van der Waals surface area contributed by atoms with Crippen molar-refractivity contribution in [1.82, 2.24) is 9.80 Å². The first-order chi connectivity index (χ1) is 9.72. The van der Waals surface area contributed by atoms with E-state index in [2.05, 4.69) is 9.80 Å². The normalized spacial score (nSPS) is 26.9. The Morgan fingerprint density at radius 1 is 1.05 bits per heavy atom. The van der Waals surface area contributed by atoms with Gasteiger partial charge in [0.1, 0.15) is 0 Å². The molecular weight excluding hydrogens is 250 g/mol. The summed E-state index contributed by atoms with van der Waals surface area (Å²) in [6.07, 6.45) is 8.13. The predicted octanol–water partition coefficient (Wildman–Crippen LogP) is 1.45. The van der Waals surface area contributed by atoms with Crippen molar-refractivity contribution in [2.45, 2.75) is 51.0 Å². The monoisotopic (exact) mass is 279 g/mol. The molecule has 2 aliphatic heterocycles. The molecule has 0 aromatic carbocycles. The van der Waals surface area contributed by atoms with E-state index in [1.807, 2.05) is 0 Å². The summed E-state index contributed by atoms with van der Waals surface area (Å²) in [6.45, 7) is 5.73. The minimum absolute atomic E-state index is 0.116. The molecule has 3 fully saturated rings. The smallest absolute Gasteiger partial charge is 0.224 e. The summed E-state index contributed by atoms with van der Waals surface area (Å²) in [4.78, 5) is 16.9. The summed E-state index contributed by atoms with van der Waals surface area (Å²) >= 11 is 0. The van der Waals surface area contributed by atoms with Gasteiger partial charge in [-0.05, 0) is 63.5 Å². The van der Waals surface area contributed by atoms with Crippen LogP contribution in [0.25, 0.3) is 0 Å². The van der Waals surface area contributed by atoms with Gasteiger partial charge in [0.2, 0.25) is 5.91 Å². The van der Waals surface area contributed by atoms with E-state index in [1.165, 1.54) is 58.2 Å². The average Bonchev–Trinajstić information content (AvgIpc) is 3.19. The molecule has 4 heteroatoms. The molecule has 1 aliphatic carbocycles. The van der Waals surface area contributed by atoms with E-state index in [0.717, 1.165) is 19.0 Å². The maximum atomic E-state index is 12.2. The van der Waals surface area contributed by atoms with Crippen molar-refractivity contribution in [2.24, 2.45) is 17.6 Å². The Hall–Kier alpha value is -0.610. The first-order valence-electron chi connectivity index (χ1n) is 8.48. The van der Waals surface area contributed by atoms with Gasteiger partial charge in [0.25, 0.3) is 0 Å². The third-order valence-electron chi connectivity index (χ3n) is 5.32. The lowest BCUT2D eigenvalue weighted by Crippen LogP contribution is -2.43. The third-order valence-corrected chi connectivity index (χ3v) is 5.32. The van der Waals surface area contributed by atoms with Gasteiger partial charge in [-0.15, -0.1) is 0 Å². The summed E-state index contributed by atoms with van der Waals surface area (Å²) in [5, 5.41) is 0. The second kappa shape index (κ2) is 6.44. The van der Waals surface area contributed by atoms with Gasteiger partial charge in [0.05, 0.1) is 0 Å². The van der Waals surface area contributed by atoms with Crippen LogP contribution in [0.4, 0.5) is 0 Å². The van der Waals surface area contributed by atoms with E-state index in [0.29, 0.717) is 18.2 Å². The van der Waals surface area contributed by atoms with E-state index in [-0.39, 0.29) is 6.04 Å². The molecule has 0 aromatic rings. The van der Waals surface area contributed by atoms with Crippen molar-refractivity contribution in [2.75, 3.05) is 32.7 Å². The molecule has 2 saturated heterocycles. The fourth-order valence-electron chi connectivity index (χ4n) is 3.72. The zero-order valence-corrected chi connectivity index (χ0v) is 12.6. The lowest BCUT2D eigenvalue weighted by molar-refractivity contribution is -0.133. The topological polar surface area (TPSA) is 49.6 Å². The quantitative estimate of drug-likeness (QED) is 0.828. The molecule has 0 radical (unpaired) electrons. The highest BCUT2D eigenvalue weighted by molar-refractivity contribution is 5.77. The first-order valence-corrected chi connectivity index (χ1v) is 8.48. The minimum atomic E-state index is 0.116. The lowest BCUT2D eigenvalue weighted by atomic mass is 9.95. The van der Waals surface area contributed by atoms with Crippen LogP contribution in [0.3, 0.4) is 0 Å². The minimum Gasteiger partial charge on any atom is -0.343 e. The van der Waals surface area contributed by atoms with Crippen LogP contribution in [-0.2, 0) is 4.79 Å². The largest absolute Gasteiger partial charge is 0.343 e. The Labute approximate surface area is 122 Å². The molecule has 1 amide bonds. The van der Waals surface area contributed by atoms with Crippen molar-refractivity contribution in [3.05, 3.63) is 0 Å². The van der Waals surface area contributed by atoms with E-state index >= 15 is 0 Å². The number of likely N-dealkylation sites (tertiary alicyclic amines) is 2. The Morgan fingerprint density at radius 2 is 1.70 bits per heavy atom. The van der Waals surface area contributed by atoms with E-state index < -0.39 is 0 Å². The van der Waals surface area contributed by atoms with Crippen LogP contribution < -0.4 is 5.73 Å². The fraction of sp³-hybridized carbons (Fsp3) is 0.938. The molecule has 3 rings (SSSR count). The number of piperidine rings is 1. The molecular formula is C16H29N3O. The van der Waals surface area contributed by atoms with Crippen molar-refractivity contribution in [3.63, 3.8) is 0 Å². The van der Waals surface area contributed by atoms with Crippen LogP contribution in [0.15, 0.2) is 0 Å². The van der Waals surface area contributed by atoms with Gasteiger partial charge in [0, 0.05) is 32.1 Å². The molecule has 1 saturated carbocycles. The summed E-state index contributed by atoms with van der Waals surface area (Å²) < 4.78 is 0. The molecule has 3 aliphatic rings. The Morgan fingerprint density at radius 3 is 2.30 bits per heavy atom. The number of amides is 1. The number of nitrogens with two attached hydrogens (primary N) is 1. The summed E-state index contributed by atoms with van der Waals surface area (Å²) in [6, 6.07) is 0.116. The van der Waals surface area contributed by atoms with Gasteiger partial charge in [-0.2, -0.15) is 0 Å². The molecule has 1 unspecified atom stereocenters. The van der Waals surface area contributed by atoms with Crippen molar-refractivity contribution >= 4 is 5.91 Å². The second-order valence-electron chi connectivity index (χ2n) is 7.04. The highest BCUT2D eigenvalue weighted by Crippen LogP contribution is 2.33. The van der Waals surface area contributed by atoms with E-state index in [1.54, 1.807) is 0 Å². The molecule has 2 heterocycles. The number of carbonyl (C=O) groups is 1. The molecule has 0 aromatic heterocycles. The SMILES string of the molecule is NC(CC(=O)N1CCC(CN2CCCC2)CC1)C1CC1. The standard InChI is InChI=1S/C16H29N3O/c17-15(14-3-4-14)11-16(20)19-9-5-13(6-10-19)12-18-7-1-2-8-18/h13-15H,1-12,17H2. The third kappa shape index (κ3) is 3.73. The zero-order valence-electron chi connectivity index (χ0n) is 12.6. The molecule has 114 valence electrons. The van der Waals surface area contributed by atoms with Crippen LogP contribution in [0.1, 0.15) is 44.9 Å². The van der Waals surface area contributed by atoms with E-state index in [4.69, 9.17) is 5.73 Å². The van der Waals surface area contributed by atoms with Crippen LogP contribution in [0, 0.1) is 11.8 Å². The number of carbonyl (C=O) groups excluding carboxylic acids is 1. The number of rotatable bonds is 5. The summed E-state index contributed by atoms with van der Waals surface area (Å²) in [5.74, 6) is 1.73.